The van der Waals surface area contributed by atoms with Crippen LogP contribution in [0.2, 0.25) is 0 Å². The van der Waals surface area contributed by atoms with E-state index in [0.717, 1.165) is 17.5 Å². The minimum absolute atomic E-state index is 0.0994. The van der Waals surface area contributed by atoms with E-state index in [0.29, 0.717) is 24.4 Å². The molecule has 0 spiro atoms. The molecule has 1 N–H and O–H groups in total. The number of carbonyl (C=O) groups excluding carboxylic acids is 1. The van der Waals surface area contributed by atoms with Crippen molar-refractivity contribution in [3.05, 3.63) is 53.6 Å². The van der Waals surface area contributed by atoms with Crippen LogP contribution >= 0.6 is 0 Å². The van der Waals surface area contributed by atoms with Gasteiger partial charge in [0.05, 0.1) is 0 Å². The molecule has 0 fully saturated rings. The van der Waals surface area contributed by atoms with Crippen molar-refractivity contribution < 1.29 is 9.90 Å². The molecule has 2 nitrogen and oxygen atoms in total. The van der Waals surface area contributed by atoms with E-state index in [1.807, 2.05) is 30.3 Å². The predicted octanol–water partition coefficient (Wildman–Crippen LogP) is 1.80. The van der Waals surface area contributed by atoms with Crippen molar-refractivity contribution in [3.8, 4) is 0 Å². The second-order valence-electron chi connectivity index (χ2n) is 4.05. The van der Waals surface area contributed by atoms with Crippen LogP contribution < -0.4 is 0 Å². The van der Waals surface area contributed by atoms with Crippen molar-refractivity contribution >= 4 is 33.5 Å². The molecule has 2 radical (unpaired) electrons. The van der Waals surface area contributed by atoms with Crippen LogP contribution in [0.1, 0.15) is 23.5 Å². The zero-order chi connectivity index (χ0) is 12.3. The van der Waals surface area contributed by atoms with Crippen molar-refractivity contribution in [1.29, 1.82) is 0 Å². The molecule has 1 aromatic carbocycles. The summed E-state index contributed by atoms with van der Waals surface area (Å²) < 4.78 is 0.136. The van der Waals surface area contributed by atoms with Gasteiger partial charge in [-0.3, -0.25) is 0 Å². The number of aliphatic hydroxyl groups is 1. The molecule has 0 amide bonds. The van der Waals surface area contributed by atoms with Gasteiger partial charge in [0.2, 0.25) is 0 Å². The van der Waals surface area contributed by atoms with Crippen LogP contribution in [0.3, 0.4) is 0 Å². The summed E-state index contributed by atoms with van der Waals surface area (Å²) in [4.78, 5) is 11.6. The summed E-state index contributed by atoms with van der Waals surface area (Å²) in [5.41, 5.74) is 3.28. The fourth-order valence-electron chi connectivity index (χ4n) is 2.08. The summed E-state index contributed by atoms with van der Waals surface area (Å²) >= 11 is 0.542. The fourth-order valence-corrected chi connectivity index (χ4v) is 2.90. The molecule has 0 aromatic heterocycles. The first-order valence-electron chi connectivity index (χ1n) is 5.59. The van der Waals surface area contributed by atoms with Gasteiger partial charge in [0.1, 0.15) is 0 Å². The topological polar surface area (TPSA) is 37.3 Å². The first-order valence-corrected chi connectivity index (χ1v) is 7.24. The Morgan fingerprint density at radius 2 is 2.18 bits per heavy atom. The maximum atomic E-state index is 11.6. The van der Waals surface area contributed by atoms with Crippen molar-refractivity contribution in [2.24, 2.45) is 0 Å². The van der Waals surface area contributed by atoms with Crippen molar-refractivity contribution in [2.75, 3.05) is 6.61 Å². The molecule has 1 aromatic rings. The van der Waals surface area contributed by atoms with Gasteiger partial charge in [-0.1, -0.05) is 0 Å². The Bertz CT molecular complexity index is 489. The van der Waals surface area contributed by atoms with E-state index in [2.05, 4.69) is 12.2 Å². The molecule has 17 heavy (non-hydrogen) atoms. The van der Waals surface area contributed by atoms with Crippen LogP contribution in [-0.4, -0.2) is 39.6 Å². The number of hydrogen-bond donors (Lipinski definition) is 1. The minimum atomic E-state index is -0.352. The van der Waals surface area contributed by atoms with Crippen molar-refractivity contribution in [3.63, 3.8) is 0 Å². The molecule has 3 heteroatoms. The summed E-state index contributed by atoms with van der Waals surface area (Å²) in [6.07, 6.45) is 7.11. The molecular formula is C14H13InO2. The molecule has 84 valence electrons. The second-order valence-corrected chi connectivity index (χ2v) is 5.67. The summed E-state index contributed by atoms with van der Waals surface area (Å²) in [7, 11) is 0. The predicted molar refractivity (Wildman–Crippen MR) is 68.8 cm³/mol. The van der Waals surface area contributed by atoms with E-state index >= 15 is 0 Å². The molecule has 0 heterocycles. The third-order valence-electron chi connectivity index (χ3n) is 2.98. The molecule has 0 bridgehead atoms. The van der Waals surface area contributed by atoms with Gasteiger partial charge in [0.15, 0.2) is 0 Å². The van der Waals surface area contributed by atoms with Gasteiger partial charge in [0.25, 0.3) is 0 Å². The Balaban J connectivity index is 2.43. The first-order chi connectivity index (χ1) is 8.24. The molecular weight excluding hydrogens is 315 g/mol. The van der Waals surface area contributed by atoms with Gasteiger partial charge in [-0.2, -0.15) is 0 Å². The van der Waals surface area contributed by atoms with E-state index in [9.17, 15) is 9.90 Å². The van der Waals surface area contributed by atoms with Crippen LogP contribution in [-0.2, 0) is 4.79 Å². The molecule has 2 rings (SSSR count). The zero-order valence-electron chi connectivity index (χ0n) is 9.47. The maximum absolute atomic E-state index is 11.6. The Morgan fingerprint density at radius 3 is 2.76 bits per heavy atom. The molecule has 1 aliphatic carbocycles. The average Bonchev–Trinajstić information content (AvgIpc) is 2.83. The average molecular weight is 328 g/mol. The number of carbonyl (C=O) groups is 1. The fraction of sp³-hybridized carbons (Fsp3) is 0.214. The standard InChI is InChI=1S/C14H13O2.In/c15-9-12(10-16)14-8-4-3-7-13(14)11-5-1-2-6-11;/h1-5,7-8,12,15H,6,9H2;. The van der Waals surface area contributed by atoms with Gasteiger partial charge < -0.3 is 0 Å². The van der Waals surface area contributed by atoms with Gasteiger partial charge in [0, 0.05) is 0 Å². The van der Waals surface area contributed by atoms with Gasteiger partial charge in [-0.25, -0.2) is 0 Å². The molecule has 0 saturated carbocycles. The van der Waals surface area contributed by atoms with Crippen molar-refractivity contribution in [1.82, 2.24) is 0 Å². The zero-order valence-corrected chi connectivity index (χ0v) is 12.8. The first kappa shape index (κ1) is 12.7. The number of allylic oxidation sites excluding steroid dienone is 4. The quantitative estimate of drug-likeness (QED) is 0.915. The molecule has 1 atom stereocenters. The third kappa shape index (κ3) is 2.72. The Labute approximate surface area is 116 Å². The second kappa shape index (κ2) is 5.69. The van der Waals surface area contributed by atoms with E-state index in [-0.39, 0.29) is 16.1 Å². The SMILES string of the molecule is O=[C]([In])C(CO)c1ccccc1C1=CC=CC1. The molecule has 1 unspecified atom stereocenters. The van der Waals surface area contributed by atoms with E-state index in [1.54, 1.807) is 0 Å². The van der Waals surface area contributed by atoms with Gasteiger partial charge in [-0.15, -0.1) is 0 Å². The van der Waals surface area contributed by atoms with Crippen molar-refractivity contribution in [2.45, 2.75) is 12.3 Å². The van der Waals surface area contributed by atoms with Crippen LogP contribution in [0.4, 0.5) is 0 Å². The number of benzene rings is 1. The Hall–Kier alpha value is -0.800. The summed E-state index contributed by atoms with van der Waals surface area (Å²) in [5.74, 6) is -0.352. The van der Waals surface area contributed by atoms with Crippen LogP contribution in [0.5, 0.6) is 0 Å². The number of rotatable bonds is 4. The van der Waals surface area contributed by atoms with E-state index in [4.69, 9.17) is 0 Å². The summed E-state index contributed by atoms with van der Waals surface area (Å²) in [5, 5.41) is 9.38. The molecule has 0 saturated heterocycles. The number of hydrogen-bond acceptors (Lipinski definition) is 2. The molecule has 0 aliphatic heterocycles. The molecule has 1 aliphatic rings. The Kier molecular flexibility index (Phi) is 4.24. The number of aliphatic hydroxyl groups excluding tert-OH is 1. The van der Waals surface area contributed by atoms with Crippen LogP contribution in [0.25, 0.3) is 5.57 Å². The van der Waals surface area contributed by atoms with Gasteiger partial charge >= 0.3 is 116 Å². The Morgan fingerprint density at radius 1 is 1.41 bits per heavy atom. The van der Waals surface area contributed by atoms with E-state index < -0.39 is 0 Å². The normalized spacial score (nSPS) is 15.7. The van der Waals surface area contributed by atoms with E-state index in [1.165, 1.54) is 5.57 Å². The third-order valence-corrected chi connectivity index (χ3v) is 4.13. The van der Waals surface area contributed by atoms with Gasteiger partial charge in [-0.05, 0) is 0 Å². The summed E-state index contributed by atoms with van der Waals surface area (Å²) in [6, 6.07) is 7.88. The van der Waals surface area contributed by atoms with Crippen LogP contribution in [0.15, 0.2) is 42.5 Å². The van der Waals surface area contributed by atoms with Crippen LogP contribution in [0, 0.1) is 0 Å². The monoisotopic (exact) mass is 328 g/mol. The summed E-state index contributed by atoms with van der Waals surface area (Å²) in [6.45, 7) is -0.0994.